The number of hydrogen-bond donors (Lipinski definition) is 1. The lowest BCUT2D eigenvalue weighted by Gasteiger charge is -2.25. The summed E-state index contributed by atoms with van der Waals surface area (Å²) < 4.78 is 2.18. The number of halogens is 2. The predicted octanol–water partition coefficient (Wildman–Crippen LogP) is 5.77. The molecule has 0 unspecified atom stereocenters. The molecule has 152 valence electrons. The van der Waals surface area contributed by atoms with E-state index in [9.17, 15) is 4.79 Å². The van der Waals surface area contributed by atoms with Crippen LogP contribution >= 0.6 is 35.0 Å². The molecular weight excluding hydrogens is 415 g/mol. The van der Waals surface area contributed by atoms with Gasteiger partial charge >= 0.3 is 0 Å². The molecule has 1 heterocycles. The van der Waals surface area contributed by atoms with Crippen molar-refractivity contribution in [3.8, 4) is 11.4 Å². The monoisotopic (exact) mass is 440 g/mol. The number of carbonyl (C=O) groups is 1. The Hall–Kier alpha value is -1.24. The van der Waals surface area contributed by atoms with Gasteiger partial charge in [-0.15, -0.1) is 10.2 Å². The van der Waals surface area contributed by atoms with Crippen LogP contribution in [0.15, 0.2) is 23.4 Å². The van der Waals surface area contributed by atoms with Crippen molar-refractivity contribution in [3.05, 3.63) is 28.2 Å². The van der Waals surface area contributed by atoms with E-state index in [0.717, 1.165) is 48.8 Å². The summed E-state index contributed by atoms with van der Waals surface area (Å²) in [5.41, 5.74) is 0.823. The molecule has 0 atom stereocenters. The first-order chi connectivity index (χ1) is 13.6. The van der Waals surface area contributed by atoms with Crippen molar-refractivity contribution in [2.45, 2.75) is 63.1 Å². The van der Waals surface area contributed by atoms with E-state index in [1.165, 1.54) is 31.0 Å². The van der Waals surface area contributed by atoms with Crippen molar-refractivity contribution in [1.82, 2.24) is 20.1 Å². The molecule has 0 bridgehead atoms. The van der Waals surface area contributed by atoms with Crippen molar-refractivity contribution in [2.24, 2.45) is 0 Å². The Labute approximate surface area is 180 Å². The first-order valence-corrected chi connectivity index (χ1v) is 11.6. The van der Waals surface area contributed by atoms with E-state index in [-0.39, 0.29) is 5.91 Å². The van der Waals surface area contributed by atoms with Crippen molar-refractivity contribution < 1.29 is 4.79 Å². The zero-order valence-corrected chi connectivity index (χ0v) is 18.4. The lowest BCUT2D eigenvalue weighted by Crippen LogP contribution is -2.26. The van der Waals surface area contributed by atoms with Gasteiger partial charge in [0, 0.05) is 23.2 Å². The molecule has 1 fully saturated rings. The zero-order valence-electron chi connectivity index (χ0n) is 16.1. The van der Waals surface area contributed by atoms with Crippen molar-refractivity contribution >= 4 is 40.9 Å². The molecule has 0 spiro atoms. The summed E-state index contributed by atoms with van der Waals surface area (Å²) in [6, 6.07) is 5.76. The Balaban J connectivity index is 1.83. The van der Waals surface area contributed by atoms with Crippen LogP contribution in [0.2, 0.25) is 10.0 Å². The van der Waals surface area contributed by atoms with Gasteiger partial charge in [-0.05, 0) is 37.5 Å². The number of thioether (sulfide) groups is 1. The van der Waals surface area contributed by atoms with E-state index in [1.54, 1.807) is 6.07 Å². The quantitative estimate of drug-likeness (QED) is 0.418. The van der Waals surface area contributed by atoms with Gasteiger partial charge in [0.25, 0.3) is 0 Å². The highest BCUT2D eigenvalue weighted by molar-refractivity contribution is 7.99. The van der Waals surface area contributed by atoms with Gasteiger partial charge in [-0.2, -0.15) is 0 Å². The normalized spacial score (nSPS) is 15.0. The molecule has 1 amide bonds. The minimum absolute atomic E-state index is 0.0303. The SMILES string of the molecule is CCCCNC(=O)CSc1nnc(-c2ccc(Cl)cc2Cl)n1C1CCCCC1. The predicted molar refractivity (Wildman–Crippen MR) is 116 cm³/mol. The van der Waals surface area contributed by atoms with E-state index >= 15 is 0 Å². The molecule has 28 heavy (non-hydrogen) atoms. The molecule has 2 aromatic rings. The average molecular weight is 441 g/mol. The third-order valence-corrected chi connectivity index (χ3v) is 6.45. The van der Waals surface area contributed by atoms with Crippen molar-refractivity contribution in [3.63, 3.8) is 0 Å². The van der Waals surface area contributed by atoms with Gasteiger partial charge in [0.2, 0.25) is 5.91 Å². The summed E-state index contributed by atoms with van der Waals surface area (Å²) in [6.07, 6.45) is 7.88. The minimum Gasteiger partial charge on any atom is -0.355 e. The van der Waals surface area contributed by atoms with E-state index in [2.05, 4.69) is 27.0 Å². The van der Waals surface area contributed by atoms with E-state index < -0.39 is 0 Å². The van der Waals surface area contributed by atoms with Crippen molar-refractivity contribution in [2.75, 3.05) is 12.3 Å². The summed E-state index contributed by atoms with van der Waals surface area (Å²) in [6.45, 7) is 2.83. The maximum Gasteiger partial charge on any atom is 0.230 e. The van der Waals surface area contributed by atoms with Crippen LogP contribution in [0.3, 0.4) is 0 Å². The molecule has 0 aliphatic heterocycles. The topological polar surface area (TPSA) is 59.8 Å². The molecule has 3 rings (SSSR count). The molecule has 1 aromatic heterocycles. The number of nitrogens with zero attached hydrogens (tertiary/aromatic N) is 3. The Morgan fingerprint density at radius 3 is 2.75 bits per heavy atom. The van der Waals surface area contributed by atoms with E-state index in [1.807, 2.05) is 12.1 Å². The van der Waals surface area contributed by atoms with Crippen molar-refractivity contribution in [1.29, 1.82) is 0 Å². The van der Waals surface area contributed by atoms with Gasteiger partial charge in [0.15, 0.2) is 11.0 Å². The number of unbranched alkanes of at least 4 members (excludes halogenated alkanes) is 1. The Morgan fingerprint density at radius 1 is 1.25 bits per heavy atom. The zero-order chi connectivity index (χ0) is 19.9. The minimum atomic E-state index is 0.0303. The molecule has 0 radical (unpaired) electrons. The van der Waals surface area contributed by atoms with Gasteiger partial charge in [-0.1, -0.05) is 67.6 Å². The number of hydrogen-bond acceptors (Lipinski definition) is 4. The van der Waals surface area contributed by atoms with Crippen LogP contribution in [-0.4, -0.2) is 33.0 Å². The van der Waals surface area contributed by atoms with E-state index in [4.69, 9.17) is 23.2 Å². The lowest BCUT2D eigenvalue weighted by atomic mass is 9.95. The number of amides is 1. The maximum atomic E-state index is 12.1. The maximum absolute atomic E-state index is 12.1. The van der Waals surface area contributed by atoms with Crippen LogP contribution in [0.1, 0.15) is 57.9 Å². The summed E-state index contributed by atoms with van der Waals surface area (Å²) in [5, 5.41) is 13.7. The highest BCUT2D eigenvalue weighted by atomic mass is 35.5. The molecule has 8 heteroatoms. The summed E-state index contributed by atoms with van der Waals surface area (Å²) in [5.74, 6) is 1.12. The molecule has 1 aliphatic rings. The second-order valence-corrected chi connectivity index (χ2v) is 8.87. The Kier molecular flexibility index (Phi) is 8.06. The summed E-state index contributed by atoms with van der Waals surface area (Å²) in [7, 11) is 0. The number of benzene rings is 1. The first-order valence-electron chi connectivity index (χ1n) is 9.90. The highest BCUT2D eigenvalue weighted by Gasteiger charge is 2.25. The third kappa shape index (κ3) is 5.43. The van der Waals surface area contributed by atoms with E-state index in [0.29, 0.717) is 21.8 Å². The van der Waals surface area contributed by atoms with Gasteiger partial charge in [0.1, 0.15) is 0 Å². The number of carbonyl (C=O) groups excluding carboxylic acids is 1. The molecule has 1 saturated carbocycles. The summed E-state index contributed by atoms with van der Waals surface area (Å²) in [4.78, 5) is 12.1. The van der Waals surface area contributed by atoms with Gasteiger partial charge < -0.3 is 5.32 Å². The number of aromatic nitrogens is 3. The van der Waals surface area contributed by atoms with Gasteiger partial charge in [0.05, 0.1) is 10.8 Å². The molecule has 1 N–H and O–H groups in total. The third-order valence-electron chi connectivity index (χ3n) is 4.96. The van der Waals surface area contributed by atoms with Crippen LogP contribution in [0, 0.1) is 0 Å². The van der Waals surface area contributed by atoms with Crippen LogP contribution in [0.5, 0.6) is 0 Å². The standard InChI is InChI=1S/C20H26Cl2N4OS/c1-2-3-11-23-18(27)13-28-20-25-24-19(16-10-9-14(21)12-17(16)22)26(20)15-7-5-4-6-8-15/h9-10,12,15H,2-8,11,13H2,1H3,(H,23,27). The molecule has 5 nitrogen and oxygen atoms in total. The Morgan fingerprint density at radius 2 is 2.04 bits per heavy atom. The van der Waals surface area contributed by atoms with Gasteiger partial charge in [-0.25, -0.2) is 0 Å². The molecule has 1 aromatic carbocycles. The number of nitrogens with one attached hydrogen (secondary N) is 1. The van der Waals surface area contributed by atoms with Gasteiger partial charge in [-0.3, -0.25) is 9.36 Å². The second kappa shape index (κ2) is 10.5. The Bertz CT molecular complexity index is 805. The van der Waals surface area contributed by atoms with Crippen LogP contribution in [0.25, 0.3) is 11.4 Å². The largest absolute Gasteiger partial charge is 0.355 e. The summed E-state index contributed by atoms with van der Waals surface area (Å²) >= 11 is 13.9. The smallest absolute Gasteiger partial charge is 0.230 e. The number of rotatable bonds is 8. The van der Waals surface area contributed by atoms with Crippen LogP contribution < -0.4 is 5.32 Å². The molecular formula is C20H26Cl2N4OS. The fraction of sp³-hybridized carbons (Fsp3) is 0.550. The molecule has 1 aliphatic carbocycles. The second-order valence-electron chi connectivity index (χ2n) is 7.08. The van der Waals surface area contributed by atoms with Crippen LogP contribution in [-0.2, 0) is 4.79 Å². The molecule has 0 saturated heterocycles. The van der Waals surface area contributed by atoms with Crippen LogP contribution in [0.4, 0.5) is 0 Å². The lowest BCUT2D eigenvalue weighted by molar-refractivity contribution is -0.118. The fourth-order valence-electron chi connectivity index (χ4n) is 3.48. The fourth-order valence-corrected chi connectivity index (χ4v) is 4.81. The first kappa shape index (κ1) is 21.5. The average Bonchev–Trinajstić information content (AvgIpc) is 3.11. The highest BCUT2D eigenvalue weighted by Crippen LogP contribution is 2.38.